The van der Waals surface area contributed by atoms with Gasteiger partial charge in [0.25, 0.3) is 0 Å². The highest BCUT2D eigenvalue weighted by Gasteiger charge is 2.32. The normalized spacial score (nSPS) is 11.4. The maximum absolute atomic E-state index is 13.0. The zero-order valence-corrected chi connectivity index (χ0v) is 18.4. The lowest BCUT2D eigenvalue weighted by Crippen LogP contribution is -2.34. The number of nitrogens with one attached hydrogen (secondary N) is 1. The maximum Gasteiger partial charge on any atom is 0.240 e. The van der Waals surface area contributed by atoms with E-state index in [2.05, 4.69) is 32.2 Å². The third-order valence-electron chi connectivity index (χ3n) is 4.57. The van der Waals surface area contributed by atoms with E-state index in [-0.39, 0.29) is 5.91 Å². The summed E-state index contributed by atoms with van der Waals surface area (Å²) >= 11 is 3.05. The molecule has 30 heavy (non-hydrogen) atoms. The van der Waals surface area contributed by atoms with Crippen molar-refractivity contribution in [1.82, 2.24) is 14.8 Å². The smallest absolute Gasteiger partial charge is 0.240 e. The van der Waals surface area contributed by atoms with Crippen LogP contribution in [0.2, 0.25) is 0 Å². The van der Waals surface area contributed by atoms with Crippen LogP contribution < -0.4 is 5.32 Å². The monoisotopic (exact) mass is 434 g/mol. The molecule has 4 aromatic rings. The Morgan fingerprint density at radius 2 is 1.70 bits per heavy atom. The second-order valence-electron chi connectivity index (χ2n) is 7.29. The van der Waals surface area contributed by atoms with Crippen molar-refractivity contribution in [2.75, 3.05) is 5.32 Å². The van der Waals surface area contributed by atoms with Crippen molar-refractivity contribution >= 4 is 34.7 Å². The lowest BCUT2D eigenvalue weighted by Gasteiger charge is -2.23. The molecule has 1 amide bonds. The van der Waals surface area contributed by atoms with Crippen LogP contribution >= 0.6 is 23.1 Å². The summed E-state index contributed by atoms with van der Waals surface area (Å²) in [6.45, 7) is 4.45. The fraction of sp³-hybridized carbons (Fsp3) is 0.174. The molecule has 7 heteroatoms. The third kappa shape index (κ3) is 4.63. The van der Waals surface area contributed by atoms with Gasteiger partial charge in [-0.05, 0) is 43.0 Å². The maximum atomic E-state index is 13.0. The predicted octanol–water partition coefficient (Wildman–Crippen LogP) is 5.56. The number of carbonyl (C=O) groups excluding carboxylic acids is 1. The molecule has 1 N–H and O–H groups in total. The van der Waals surface area contributed by atoms with Gasteiger partial charge < -0.3 is 5.32 Å². The highest BCUT2D eigenvalue weighted by atomic mass is 32.2. The summed E-state index contributed by atoms with van der Waals surface area (Å²) in [5.74, 6) is 0.737. The average Bonchev–Trinajstić information content (AvgIpc) is 3.40. The fourth-order valence-electron chi connectivity index (χ4n) is 2.94. The molecule has 2 aromatic carbocycles. The first-order valence-electron chi connectivity index (χ1n) is 9.59. The number of amides is 1. The molecular formula is C23H22N4OS2. The number of thioether (sulfide) groups is 1. The van der Waals surface area contributed by atoms with E-state index in [1.165, 1.54) is 11.8 Å². The molecule has 0 unspecified atom stereocenters. The van der Waals surface area contributed by atoms with E-state index in [0.29, 0.717) is 6.54 Å². The first-order chi connectivity index (χ1) is 14.5. The van der Waals surface area contributed by atoms with Crippen LogP contribution in [0.3, 0.4) is 0 Å². The minimum atomic E-state index is -0.732. The van der Waals surface area contributed by atoms with E-state index < -0.39 is 4.75 Å². The topological polar surface area (TPSA) is 59.8 Å². The molecule has 152 valence electrons. The van der Waals surface area contributed by atoms with Crippen molar-refractivity contribution in [2.45, 2.75) is 30.3 Å². The Kier molecular flexibility index (Phi) is 6.01. The minimum absolute atomic E-state index is 0.0781. The number of para-hydroxylation sites is 1. The van der Waals surface area contributed by atoms with Gasteiger partial charge in [-0.3, -0.25) is 9.36 Å². The molecule has 0 aliphatic heterocycles. The van der Waals surface area contributed by atoms with Gasteiger partial charge >= 0.3 is 0 Å². The predicted molar refractivity (Wildman–Crippen MR) is 124 cm³/mol. The molecule has 2 heterocycles. The lowest BCUT2D eigenvalue weighted by atomic mass is 10.2. The minimum Gasteiger partial charge on any atom is -0.325 e. The Hall–Kier alpha value is -2.90. The van der Waals surface area contributed by atoms with Crippen LogP contribution in [0.5, 0.6) is 0 Å². The van der Waals surface area contributed by atoms with Gasteiger partial charge in [0.15, 0.2) is 11.0 Å². The molecule has 4 rings (SSSR count). The van der Waals surface area contributed by atoms with E-state index >= 15 is 0 Å². The summed E-state index contributed by atoms with van der Waals surface area (Å²) in [6.07, 6.45) is 0. The molecule has 0 atom stereocenters. The van der Waals surface area contributed by atoms with Crippen molar-refractivity contribution in [2.24, 2.45) is 0 Å². The molecule has 0 saturated carbocycles. The van der Waals surface area contributed by atoms with Gasteiger partial charge in [0.2, 0.25) is 5.91 Å². The van der Waals surface area contributed by atoms with Crippen LogP contribution in [0.1, 0.15) is 19.4 Å². The van der Waals surface area contributed by atoms with Crippen LogP contribution in [-0.2, 0) is 11.3 Å². The Morgan fingerprint density at radius 1 is 1.00 bits per heavy atom. The van der Waals surface area contributed by atoms with E-state index in [0.717, 1.165) is 27.1 Å². The number of thiophene rings is 1. The Morgan fingerprint density at radius 3 is 2.37 bits per heavy atom. The van der Waals surface area contributed by atoms with Crippen molar-refractivity contribution in [1.29, 1.82) is 0 Å². The van der Waals surface area contributed by atoms with Gasteiger partial charge in [0, 0.05) is 5.69 Å². The van der Waals surface area contributed by atoms with Crippen molar-refractivity contribution in [3.63, 3.8) is 0 Å². The number of aromatic nitrogens is 3. The third-order valence-corrected chi connectivity index (χ3v) is 6.61. The van der Waals surface area contributed by atoms with Crippen molar-refractivity contribution in [3.8, 4) is 10.7 Å². The first kappa shape index (κ1) is 20.4. The fourth-order valence-corrected chi connectivity index (χ4v) is 4.60. The summed E-state index contributed by atoms with van der Waals surface area (Å²) in [5.41, 5.74) is 1.93. The van der Waals surface area contributed by atoms with Gasteiger partial charge in [0.1, 0.15) is 0 Å². The molecule has 0 aliphatic carbocycles. The molecule has 0 saturated heterocycles. The zero-order chi connectivity index (χ0) is 21.0. The van der Waals surface area contributed by atoms with E-state index in [1.807, 2.05) is 79.9 Å². The number of hydrogen-bond acceptors (Lipinski definition) is 5. The number of hydrogen-bond donors (Lipinski definition) is 1. The largest absolute Gasteiger partial charge is 0.325 e. The molecular weight excluding hydrogens is 412 g/mol. The molecule has 0 bridgehead atoms. The van der Waals surface area contributed by atoms with Gasteiger partial charge in [-0.15, -0.1) is 21.5 Å². The van der Waals surface area contributed by atoms with Crippen LogP contribution in [-0.4, -0.2) is 25.4 Å². The Balaban J connectivity index is 1.62. The molecule has 2 aromatic heterocycles. The van der Waals surface area contributed by atoms with Gasteiger partial charge in [-0.1, -0.05) is 66.4 Å². The highest BCUT2D eigenvalue weighted by Crippen LogP contribution is 2.35. The van der Waals surface area contributed by atoms with E-state index in [4.69, 9.17) is 0 Å². The van der Waals surface area contributed by atoms with Crippen molar-refractivity contribution in [3.05, 3.63) is 83.7 Å². The second-order valence-corrected chi connectivity index (χ2v) is 9.83. The number of nitrogens with zero attached hydrogens (tertiary/aromatic N) is 3. The van der Waals surface area contributed by atoms with E-state index in [9.17, 15) is 4.79 Å². The number of benzene rings is 2. The molecule has 0 spiro atoms. The average molecular weight is 435 g/mol. The standard InChI is InChI=1S/C23H22N4OS2/c1-23(2,21(28)24-18-12-7-4-8-13-18)30-22-26-25-20(19-14-9-15-29-19)27(22)16-17-10-5-3-6-11-17/h3-15H,16H2,1-2H3,(H,24,28). The second kappa shape index (κ2) is 8.85. The SMILES string of the molecule is CC(C)(Sc1nnc(-c2cccs2)n1Cc1ccccc1)C(=O)Nc1ccccc1. The van der Waals surface area contributed by atoms with Crippen LogP contribution in [0.15, 0.2) is 83.3 Å². The quantitative estimate of drug-likeness (QED) is 0.387. The summed E-state index contributed by atoms with van der Waals surface area (Å²) in [4.78, 5) is 14.0. The summed E-state index contributed by atoms with van der Waals surface area (Å²) in [5, 5.41) is 14.6. The number of carbonyl (C=O) groups is 1. The molecule has 0 aliphatic rings. The Labute approximate surface area is 184 Å². The van der Waals surface area contributed by atoms with Crippen LogP contribution in [0.4, 0.5) is 5.69 Å². The molecule has 0 radical (unpaired) electrons. The number of anilines is 1. The summed E-state index contributed by atoms with van der Waals surface area (Å²) < 4.78 is 1.35. The molecule has 0 fully saturated rings. The lowest BCUT2D eigenvalue weighted by molar-refractivity contribution is -0.117. The van der Waals surface area contributed by atoms with Crippen LogP contribution in [0.25, 0.3) is 10.7 Å². The number of rotatable bonds is 7. The van der Waals surface area contributed by atoms with Gasteiger partial charge in [-0.25, -0.2) is 0 Å². The molecule has 5 nitrogen and oxygen atoms in total. The first-order valence-corrected chi connectivity index (χ1v) is 11.3. The van der Waals surface area contributed by atoms with Gasteiger partial charge in [0.05, 0.1) is 16.2 Å². The van der Waals surface area contributed by atoms with Crippen molar-refractivity contribution < 1.29 is 4.79 Å². The summed E-state index contributed by atoms with van der Waals surface area (Å²) in [6, 6.07) is 23.7. The highest BCUT2D eigenvalue weighted by molar-refractivity contribution is 8.01. The van der Waals surface area contributed by atoms with Gasteiger partial charge in [-0.2, -0.15) is 0 Å². The van der Waals surface area contributed by atoms with E-state index in [1.54, 1.807) is 11.3 Å². The zero-order valence-electron chi connectivity index (χ0n) is 16.8. The van der Waals surface area contributed by atoms with Crippen LogP contribution in [0, 0.1) is 0 Å². The summed E-state index contributed by atoms with van der Waals surface area (Å²) in [7, 11) is 0. The Bertz CT molecular complexity index is 1110.